The van der Waals surface area contributed by atoms with Gasteiger partial charge in [0.05, 0.1) is 18.2 Å². The Bertz CT molecular complexity index is 620. The number of hydrogen-bond donors (Lipinski definition) is 1. The third-order valence-corrected chi connectivity index (χ3v) is 3.08. The molecule has 0 amide bonds. The normalized spacial score (nSPS) is 9.95. The van der Waals surface area contributed by atoms with Crippen molar-refractivity contribution in [1.29, 1.82) is 5.26 Å². The van der Waals surface area contributed by atoms with Crippen molar-refractivity contribution in [2.75, 3.05) is 12.4 Å². The highest BCUT2D eigenvalue weighted by atomic mass is 79.9. The fourth-order valence-electron chi connectivity index (χ4n) is 1.81. The van der Waals surface area contributed by atoms with Crippen LogP contribution in [-0.2, 0) is 11.3 Å². The Kier molecular flexibility index (Phi) is 4.56. The van der Waals surface area contributed by atoms with E-state index in [1.807, 2.05) is 36.4 Å². The number of rotatable bonds is 4. The highest BCUT2D eigenvalue weighted by Gasteiger charge is 2.04. The Morgan fingerprint density at radius 1 is 1.26 bits per heavy atom. The summed E-state index contributed by atoms with van der Waals surface area (Å²) in [7, 11) is 1.67. The molecule has 96 valence electrons. The number of nitrogens with zero attached hydrogens (tertiary/aromatic N) is 1. The molecule has 0 saturated heterocycles. The molecule has 0 bridgehead atoms. The van der Waals surface area contributed by atoms with Crippen molar-refractivity contribution in [3.05, 3.63) is 58.1 Å². The van der Waals surface area contributed by atoms with Gasteiger partial charge in [0.15, 0.2) is 0 Å². The number of nitrogens with one attached hydrogen (secondary N) is 1. The van der Waals surface area contributed by atoms with Gasteiger partial charge >= 0.3 is 0 Å². The van der Waals surface area contributed by atoms with Crippen LogP contribution in [0.3, 0.4) is 0 Å². The van der Waals surface area contributed by atoms with Gasteiger partial charge in [0.25, 0.3) is 0 Å². The number of ether oxygens (including phenoxy) is 1. The fraction of sp³-hybridized carbons (Fsp3) is 0.133. The summed E-state index contributed by atoms with van der Waals surface area (Å²) in [6.45, 7) is 0.544. The number of benzene rings is 2. The smallest absolute Gasteiger partial charge is 0.0992 e. The molecule has 1 N–H and O–H groups in total. The first-order valence-electron chi connectivity index (χ1n) is 5.77. The van der Waals surface area contributed by atoms with E-state index < -0.39 is 0 Å². The molecule has 0 unspecified atom stereocenters. The zero-order chi connectivity index (χ0) is 13.7. The van der Waals surface area contributed by atoms with Crippen LogP contribution < -0.4 is 5.32 Å². The van der Waals surface area contributed by atoms with Gasteiger partial charge in [-0.1, -0.05) is 34.1 Å². The van der Waals surface area contributed by atoms with Gasteiger partial charge in [-0.15, -0.1) is 0 Å². The van der Waals surface area contributed by atoms with Crippen LogP contribution in [0.1, 0.15) is 11.1 Å². The minimum atomic E-state index is 0.544. The third-order valence-electron chi connectivity index (χ3n) is 2.62. The van der Waals surface area contributed by atoms with Crippen molar-refractivity contribution < 1.29 is 4.74 Å². The Morgan fingerprint density at radius 2 is 2.05 bits per heavy atom. The van der Waals surface area contributed by atoms with Crippen LogP contribution in [0.15, 0.2) is 46.9 Å². The molecule has 0 aliphatic rings. The minimum Gasteiger partial charge on any atom is -0.380 e. The summed E-state index contributed by atoms with van der Waals surface area (Å²) in [5.74, 6) is 0. The fourth-order valence-corrected chi connectivity index (χ4v) is 2.30. The van der Waals surface area contributed by atoms with Crippen LogP contribution in [0, 0.1) is 11.3 Å². The van der Waals surface area contributed by atoms with Gasteiger partial charge in [-0.2, -0.15) is 5.26 Å². The molecule has 0 radical (unpaired) electrons. The maximum Gasteiger partial charge on any atom is 0.0992 e. The molecule has 19 heavy (non-hydrogen) atoms. The van der Waals surface area contributed by atoms with Crippen LogP contribution in [0.2, 0.25) is 0 Å². The Balaban J connectivity index is 2.31. The molecular weight excluding hydrogens is 304 g/mol. The number of hydrogen-bond acceptors (Lipinski definition) is 3. The van der Waals surface area contributed by atoms with Gasteiger partial charge < -0.3 is 10.1 Å². The SMILES string of the molecule is COCc1ccccc1Nc1cc(Br)cc(C#N)c1. The van der Waals surface area contributed by atoms with E-state index in [1.165, 1.54) is 0 Å². The second-order valence-corrected chi connectivity index (χ2v) is 4.97. The van der Waals surface area contributed by atoms with E-state index in [1.54, 1.807) is 13.2 Å². The lowest BCUT2D eigenvalue weighted by Crippen LogP contribution is -1.97. The molecule has 0 spiro atoms. The highest BCUT2D eigenvalue weighted by Crippen LogP contribution is 2.25. The van der Waals surface area contributed by atoms with Gasteiger partial charge in [0.2, 0.25) is 0 Å². The lowest BCUT2D eigenvalue weighted by molar-refractivity contribution is 0.185. The standard InChI is InChI=1S/C15H13BrN2O/c1-19-10-12-4-2-3-5-15(12)18-14-7-11(9-17)6-13(16)8-14/h2-8,18H,10H2,1H3. The molecule has 0 atom stereocenters. The summed E-state index contributed by atoms with van der Waals surface area (Å²) < 4.78 is 6.05. The van der Waals surface area contributed by atoms with E-state index >= 15 is 0 Å². The molecule has 0 aliphatic carbocycles. The first-order valence-corrected chi connectivity index (χ1v) is 6.57. The predicted molar refractivity (Wildman–Crippen MR) is 79.3 cm³/mol. The Morgan fingerprint density at radius 3 is 2.79 bits per heavy atom. The van der Waals surface area contributed by atoms with Crippen molar-refractivity contribution in [3.63, 3.8) is 0 Å². The van der Waals surface area contributed by atoms with Crippen LogP contribution >= 0.6 is 15.9 Å². The van der Waals surface area contributed by atoms with E-state index in [0.717, 1.165) is 21.4 Å². The maximum absolute atomic E-state index is 8.97. The van der Waals surface area contributed by atoms with Gasteiger partial charge in [0, 0.05) is 28.5 Å². The first-order chi connectivity index (χ1) is 9.22. The van der Waals surface area contributed by atoms with Crippen molar-refractivity contribution in [1.82, 2.24) is 0 Å². The van der Waals surface area contributed by atoms with Crippen LogP contribution in [0.25, 0.3) is 0 Å². The highest BCUT2D eigenvalue weighted by molar-refractivity contribution is 9.10. The van der Waals surface area contributed by atoms with E-state index in [4.69, 9.17) is 10.00 Å². The molecule has 0 heterocycles. The average molecular weight is 317 g/mol. The summed E-state index contributed by atoms with van der Waals surface area (Å²) in [5.41, 5.74) is 3.53. The second kappa shape index (κ2) is 6.37. The monoisotopic (exact) mass is 316 g/mol. The summed E-state index contributed by atoms with van der Waals surface area (Å²) in [6.07, 6.45) is 0. The first kappa shape index (κ1) is 13.6. The van der Waals surface area contributed by atoms with Crippen LogP contribution in [-0.4, -0.2) is 7.11 Å². The zero-order valence-corrected chi connectivity index (χ0v) is 12.1. The minimum absolute atomic E-state index is 0.544. The number of para-hydroxylation sites is 1. The summed E-state index contributed by atoms with van der Waals surface area (Å²) in [6, 6.07) is 15.6. The second-order valence-electron chi connectivity index (χ2n) is 4.06. The Hall–Kier alpha value is -1.83. The quantitative estimate of drug-likeness (QED) is 0.919. The molecular formula is C15H13BrN2O. The van der Waals surface area contributed by atoms with E-state index in [9.17, 15) is 0 Å². The van der Waals surface area contributed by atoms with E-state index in [-0.39, 0.29) is 0 Å². The van der Waals surface area contributed by atoms with Gasteiger partial charge in [-0.3, -0.25) is 0 Å². The lowest BCUT2D eigenvalue weighted by Gasteiger charge is -2.12. The summed E-state index contributed by atoms with van der Waals surface area (Å²) >= 11 is 3.40. The van der Waals surface area contributed by atoms with Crippen molar-refractivity contribution in [2.45, 2.75) is 6.61 Å². The molecule has 0 saturated carbocycles. The molecule has 0 aromatic heterocycles. The molecule has 2 rings (SSSR count). The van der Waals surface area contributed by atoms with E-state index in [0.29, 0.717) is 12.2 Å². The van der Waals surface area contributed by atoms with Crippen molar-refractivity contribution >= 4 is 27.3 Å². The average Bonchev–Trinajstić information content (AvgIpc) is 2.40. The molecule has 0 fully saturated rings. The molecule has 2 aromatic carbocycles. The molecule has 2 aromatic rings. The number of anilines is 2. The number of halogens is 1. The zero-order valence-electron chi connectivity index (χ0n) is 10.5. The number of nitriles is 1. The number of methoxy groups -OCH3 is 1. The maximum atomic E-state index is 8.97. The van der Waals surface area contributed by atoms with Crippen molar-refractivity contribution in [2.24, 2.45) is 0 Å². The Labute approximate surface area is 121 Å². The predicted octanol–water partition coefficient (Wildman–Crippen LogP) is 4.21. The van der Waals surface area contributed by atoms with Gasteiger partial charge in [0.1, 0.15) is 0 Å². The summed E-state index contributed by atoms with van der Waals surface area (Å²) in [5, 5.41) is 12.3. The van der Waals surface area contributed by atoms with Gasteiger partial charge in [-0.25, -0.2) is 0 Å². The van der Waals surface area contributed by atoms with E-state index in [2.05, 4.69) is 27.3 Å². The molecule has 0 aliphatic heterocycles. The lowest BCUT2D eigenvalue weighted by atomic mass is 10.1. The van der Waals surface area contributed by atoms with Gasteiger partial charge in [-0.05, 0) is 24.3 Å². The topological polar surface area (TPSA) is 45.0 Å². The molecule has 3 nitrogen and oxygen atoms in total. The molecule has 4 heteroatoms. The summed E-state index contributed by atoms with van der Waals surface area (Å²) in [4.78, 5) is 0. The van der Waals surface area contributed by atoms with Crippen molar-refractivity contribution in [3.8, 4) is 6.07 Å². The van der Waals surface area contributed by atoms with Crippen LogP contribution in [0.5, 0.6) is 0 Å². The third kappa shape index (κ3) is 3.57. The largest absolute Gasteiger partial charge is 0.380 e. The van der Waals surface area contributed by atoms with Crippen LogP contribution in [0.4, 0.5) is 11.4 Å².